The topological polar surface area (TPSA) is 53.6 Å². The number of rotatable bonds is 7. The zero-order valence-corrected chi connectivity index (χ0v) is 14.9. The Morgan fingerprint density at radius 3 is 2.42 bits per heavy atom. The highest BCUT2D eigenvalue weighted by Crippen LogP contribution is 2.16. The Labute approximate surface area is 135 Å². The third-order valence-corrected chi connectivity index (χ3v) is 3.77. The van der Waals surface area contributed by atoms with Gasteiger partial charge < -0.3 is 16.0 Å². The van der Waals surface area contributed by atoms with Crippen molar-refractivity contribution < 1.29 is 0 Å². The first kappa shape index (κ1) is 19.0. The van der Waals surface area contributed by atoms with E-state index in [9.17, 15) is 0 Å². The van der Waals surface area contributed by atoms with Gasteiger partial charge in [0.25, 0.3) is 0 Å². The Morgan fingerprint density at radius 2 is 1.84 bits per heavy atom. The third-order valence-electron chi connectivity index (χ3n) is 3.77. The van der Waals surface area contributed by atoms with Gasteiger partial charge in [0.15, 0.2) is 5.96 Å². The Hall–Kier alpha value is -0.0400. The Kier molecular flexibility index (Phi) is 11.7. The van der Waals surface area contributed by atoms with Gasteiger partial charge in [-0.3, -0.25) is 4.99 Å². The highest BCUT2D eigenvalue weighted by Gasteiger charge is 2.12. The zero-order valence-electron chi connectivity index (χ0n) is 12.5. The summed E-state index contributed by atoms with van der Waals surface area (Å²) < 4.78 is 0. The molecule has 3 N–H and O–H groups in total. The van der Waals surface area contributed by atoms with E-state index in [1.807, 2.05) is 0 Å². The lowest BCUT2D eigenvalue weighted by Crippen LogP contribution is -2.41. The number of hydrogen-bond acceptors (Lipinski definition) is 2. The molecule has 0 unspecified atom stereocenters. The van der Waals surface area contributed by atoms with E-state index < -0.39 is 0 Å². The molecule has 0 radical (unpaired) electrons. The maximum atomic E-state index is 5.91. The van der Waals surface area contributed by atoms with E-state index in [1.54, 1.807) is 0 Å². The van der Waals surface area contributed by atoms with Crippen LogP contribution in [-0.4, -0.2) is 43.1 Å². The quantitative estimate of drug-likeness (QED) is 0.308. The summed E-state index contributed by atoms with van der Waals surface area (Å²) in [6, 6.07) is 0.560. The van der Waals surface area contributed by atoms with Gasteiger partial charge in [-0.2, -0.15) is 0 Å². The van der Waals surface area contributed by atoms with Gasteiger partial charge in [0.2, 0.25) is 0 Å². The van der Waals surface area contributed by atoms with Crippen LogP contribution >= 0.6 is 24.0 Å². The van der Waals surface area contributed by atoms with Crippen LogP contribution in [0.4, 0.5) is 0 Å². The number of nitrogens with two attached hydrogens (primary N) is 1. The van der Waals surface area contributed by atoms with Crippen molar-refractivity contribution in [1.82, 2.24) is 10.2 Å². The third kappa shape index (κ3) is 8.68. The van der Waals surface area contributed by atoms with Gasteiger partial charge in [0, 0.05) is 12.6 Å². The van der Waals surface area contributed by atoms with E-state index in [-0.39, 0.29) is 24.0 Å². The minimum atomic E-state index is 0. The van der Waals surface area contributed by atoms with Gasteiger partial charge >= 0.3 is 0 Å². The van der Waals surface area contributed by atoms with Crippen LogP contribution in [0.15, 0.2) is 4.99 Å². The molecule has 1 aliphatic rings. The van der Waals surface area contributed by atoms with Crippen LogP contribution in [0.5, 0.6) is 0 Å². The van der Waals surface area contributed by atoms with E-state index in [1.165, 1.54) is 32.1 Å². The maximum absolute atomic E-state index is 5.91. The molecular formula is C14H31IN4. The maximum Gasteiger partial charge on any atom is 0.188 e. The average molecular weight is 382 g/mol. The van der Waals surface area contributed by atoms with Crippen LogP contribution in [-0.2, 0) is 0 Å². The summed E-state index contributed by atoms with van der Waals surface area (Å²) in [4.78, 5) is 6.83. The Morgan fingerprint density at radius 1 is 1.21 bits per heavy atom. The molecule has 114 valence electrons. The first-order valence-corrected chi connectivity index (χ1v) is 7.55. The first-order valence-electron chi connectivity index (χ1n) is 7.55. The molecule has 0 bridgehead atoms. The fourth-order valence-electron chi connectivity index (χ4n) is 2.54. The second kappa shape index (κ2) is 11.8. The van der Waals surface area contributed by atoms with Crippen molar-refractivity contribution in [3.8, 4) is 0 Å². The molecule has 0 aliphatic heterocycles. The van der Waals surface area contributed by atoms with Crippen LogP contribution in [0, 0.1) is 0 Å². The summed E-state index contributed by atoms with van der Waals surface area (Å²) in [5.41, 5.74) is 5.91. The summed E-state index contributed by atoms with van der Waals surface area (Å²) in [5, 5.41) is 3.35. The number of aliphatic imine (C=N–C) groups is 1. The predicted octanol–water partition coefficient (Wildman–Crippen LogP) is 2.57. The number of guanidine groups is 1. The fraction of sp³-hybridized carbons (Fsp3) is 0.929. The number of nitrogens with one attached hydrogen (secondary N) is 1. The normalized spacial score (nSPS) is 17.3. The molecule has 4 nitrogen and oxygen atoms in total. The summed E-state index contributed by atoms with van der Waals surface area (Å²) in [5.74, 6) is 0.640. The molecule has 0 aromatic rings. The lowest BCUT2D eigenvalue weighted by atomic mass is 9.96. The van der Waals surface area contributed by atoms with Gasteiger partial charge in [-0.05, 0) is 38.9 Å². The van der Waals surface area contributed by atoms with Gasteiger partial charge in [0.05, 0.1) is 0 Å². The molecule has 1 aliphatic carbocycles. The molecule has 0 aromatic carbocycles. The standard InChI is InChI=1S/C14H30N4.HI/c1-3-18(4-2)12-8-11-16-14(15)17-13-9-6-5-7-10-13;/h13H,3-12H2,1-2H3,(H3,15,16,17);1H. The molecule has 5 heteroatoms. The SMILES string of the molecule is CCN(CC)CCCN=C(N)NC1CCCCC1.I. The molecule has 0 atom stereocenters. The molecule has 1 rings (SSSR count). The van der Waals surface area contributed by atoms with Crippen molar-refractivity contribution in [3.05, 3.63) is 0 Å². The molecule has 1 fully saturated rings. The minimum absolute atomic E-state index is 0. The fourth-order valence-corrected chi connectivity index (χ4v) is 2.54. The molecule has 1 saturated carbocycles. The summed E-state index contributed by atoms with van der Waals surface area (Å²) in [6.07, 6.45) is 7.61. The smallest absolute Gasteiger partial charge is 0.188 e. The Balaban J connectivity index is 0.00000324. The number of hydrogen-bond donors (Lipinski definition) is 2. The summed E-state index contributed by atoms with van der Waals surface area (Å²) in [7, 11) is 0. The monoisotopic (exact) mass is 382 g/mol. The lowest BCUT2D eigenvalue weighted by molar-refractivity contribution is 0.302. The van der Waals surface area contributed by atoms with E-state index in [2.05, 4.69) is 29.1 Å². The van der Waals surface area contributed by atoms with Crippen LogP contribution in [0.25, 0.3) is 0 Å². The van der Waals surface area contributed by atoms with E-state index in [0.29, 0.717) is 12.0 Å². The second-order valence-corrected chi connectivity index (χ2v) is 5.13. The molecule has 19 heavy (non-hydrogen) atoms. The van der Waals surface area contributed by atoms with Gasteiger partial charge in [-0.25, -0.2) is 0 Å². The van der Waals surface area contributed by atoms with E-state index in [4.69, 9.17) is 5.73 Å². The van der Waals surface area contributed by atoms with E-state index >= 15 is 0 Å². The van der Waals surface area contributed by atoms with Gasteiger partial charge in [-0.15, -0.1) is 24.0 Å². The second-order valence-electron chi connectivity index (χ2n) is 5.13. The Bertz CT molecular complexity index is 236. The van der Waals surface area contributed by atoms with Crippen LogP contribution in [0.3, 0.4) is 0 Å². The van der Waals surface area contributed by atoms with Crippen LogP contribution in [0.1, 0.15) is 52.4 Å². The molecule has 0 amide bonds. The van der Waals surface area contributed by atoms with E-state index in [0.717, 1.165) is 32.6 Å². The average Bonchev–Trinajstić information content (AvgIpc) is 2.40. The van der Waals surface area contributed by atoms with Gasteiger partial charge in [-0.1, -0.05) is 33.1 Å². The number of nitrogens with zero attached hydrogens (tertiary/aromatic N) is 2. The lowest BCUT2D eigenvalue weighted by Gasteiger charge is -2.23. The van der Waals surface area contributed by atoms with Crippen molar-refractivity contribution in [2.24, 2.45) is 10.7 Å². The van der Waals surface area contributed by atoms with Crippen molar-refractivity contribution >= 4 is 29.9 Å². The van der Waals surface area contributed by atoms with Crippen molar-refractivity contribution in [2.75, 3.05) is 26.2 Å². The zero-order chi connectivity index (χ0) is 13.2. The van der Waals surface area contributed by atoms with Crippen molar-refractivity contribution in [2.45, 2.75) is 58.4 Å². The predicted molar refractivity (Wildman–Crippen MR) is 94.3 cm³/mol. The van der Waals surface area contributed by atoms with Crippen molar-refractivity contribution in [3.63, 3.8) is 0 Å². The van der Waals surface area contributed by atoms with Crippen LogP contribution in [0.2, 0.25) is 0 Å². The molecule has 0 saturated heterocycles. The molecule has 0 spiro atoms. The highest BCUT2D eigenvalue weighted by molar-refractivity contribution is 14.0. The summed E-state index contributed by atoms with van der Waals surface area (Å²) >= 11 is 0. The first-order chi connectivity index (χ1) is 8.76. The number of halogens is 1. The highest BCUT2D eigenvalue weighted by atomic mass is 127. The minimum Gasteiger partial charge on any atom is -0.370 e. The largest absolute Gasteiger partial charge is 0.370 e. The van der Waals surface area contributed by atoms with Crippen molar-refractivity contribution in [1.29, 1.82) is 0 Å². The van der Waals surface area contributed by atoms with Gasteiger partial charge in [0.1, 0.15) is 0 Å². The molecule has 0 heterocycles. The molecular weight excluding hydrogens is 351 g/mol. The van der Waals surface area contributed by atoms with Crippen LogP contribution < -0.4 is 11.1 Å². The molecule has 0 aromatic heterocycles. The summed E-state index contributed by atoms with van der Waals surface area (Å²) in [6.45, 7) is 8.60.